The molecule has 1 aliphatic carbocycles. The molecule has 1 heterocycles. The summed E-state index contributed by atoms with van der Waals surface area (Å²) < 4.78 is 1.85. The van der Waals surface area contributed by atoms with Crippen molar-refractivity contribution in [3.63, 3.8) is 0 Å². The minimum atomic E-state index is 0.633. The van der Waals surface area contributed by atoms with E-state index >= 15 is 0 Å². The van der Waals surface area contributed by atoms with Crippen LogP contribution in [0.2, 0.25) is 0 Å². The van der Waals surface area contributed by atoms with Gasteiger partial charge in [0.05, 0.1) is 5.69 Å². The van der Waals surface area contributed by atoms with E-state index in [0.717, 1.165) is 25.2 Å². The fraction of sp³-hybridized carbons (Fsp3) is 0.750. The minimum absolute atomic E-state index is 0.633. The Balaban J connectivity index is 1.71. The van der Waals surface area contributed by atoms with Crippen molar-refractivity contribution in [1.29, 1.82) is 0 Å². The second-order valence-electron chi connectivity index (χ2n) is 4.72. The molecule has 1 aliphatic rings. The summed E-state index contributed by atoms with van der Waals surface area (Å²) in [4.78, 5) is 0. The fourth-order valence-electron chi connectivity index (χ4n) is 2.57. The number of nitrogens with zero attached hydrogens (tertiary/aromatic N) is 2. The van der Waals surface area contributed by atoms with Gasteiger partial charge in [-0.25, -0.2) is 0 Å². The van der Waals surface area contributed by atoms with E-state index in [-0.39, 0.29) is 0 Å². The summed E-state index contributed by atoms with van der Waals surface area (Å²) in [6.45, 7) is 1.83. The number of hydrogen-bond donors (Lipinski definition) is 2. The molecule has 2 rings (SSSR count). The lowest BCUT2D eigenvalue weighted by atomic mass is 10.0. The Kier molecular flexibility index (Phi) is 3.96. The quantitative estimate of drug-likeness (QED) is 0.770. The van der Waals surface area contributed by atoms with Gasteiger partial charge in [-0.1, -0.05) is 6.42 Å². The lowest BCUT2D eigenvalue weighted by Gasteiger charge is -2.19. The Labute approximate surface area is 97.2 Å². The van der Waals surface area contributed by atoms with Crippen LogP contribution >= 0.6 is 0 Å². The van der Waals surface area contributed by atoms with Gasteiger partial charge in [-0.05, 0) is 31.4 Å². The van der Waals surface area contributed by atoms with Crippen molar-refractivity contribution in [2.24, 2.45) is 18.7 Å². The van der Waals surface area contributed by atoms with Gasteiger partial charge in [0.2, 0.25) is 0 Å². The van der Waals surface area contributed by atoms with Crippen LogP contribution in [0.3, 0.4) is 0 Å². The molecule has 0 radical (unpaired) electrons. The summed E-state index contributed by atoms with van der Waals surface area (Å²) in [5, 5.41) is 7.98. The summed E-state index contributed by atoms with van der Waals surface area (Å²) in [6.07, 6.45) is 6.90. The van der Waals surface area contributed by atoms with E-state index in [9.17, 15) is 0 Å². The number of hydrogen-bond acceptors (Lipinski definition) is 3. The summed E-state index contributed by atoms with van der Waals surface area (Å²) >= 11 is 0. The number of nitrogens with two attached hydrogens (primary N) is 1. The van der Waals surface area contributed by atoms with Crippen molar-refractivity contribution in [2.75, 3.05) is 13.1 Å². The molecule has 0 aromatic carbocycles. The van der Waals surface area contributed by atoms with Gasteiger partial charge >= 0.3 is 0 Å². The average molecular weight is 222 g/mol. The van der Waals surface area contributed by atoms with Gasteiger partial charge in [0, 0.05) is 32.3 Å². The molecule has 2 unspecified atom stereocenters. The van der Waals surface area contributed by atoms with Gasteiger partial charge < -0.3 is 11.1 Å². The van der Waals surface area contributed by atoms with Crippen LogP contribution in [0.4, 0.5) is 0 Å². The molecule has 0 amide bonds. The maximum atomic E-state index is 5.75. The van der Waals surface area contributed by atoms with E-state index in [1.54, 1.807) is 0 Å². The van der Waals surface area contributed by atoms with E-state index in [1.165, 1.54) is 19.3 Å². The van der Waals surface area contributed by atoms with Gasteiger partial charge in [-0.2, -0.15) is 5.10 Å². The molecule has 3 N–H and O–H groups in total. The van der Waals surface area contributed by atoms with Crippen molar-refractivity contribution in [2.45, 2.75) is 31.7 Å². The topological polar surface area (TPSA) is 55.9 Å². The number of nitrogens with one attached hydrogen (secondary N) is 1. The van der Waals surface area contributed by atoms with Crippen LogP contribution < -0.4 is 11.1 Å². The zero-order valence-electron chi connectivity index (χ0n) is 10.0. The number of rotatable bonds is 5. The molecular weight excluding hydrogens is 200 g/mol. The highest BCUT2D eigenvalue weighted by Crippen LogP contribution is 2.24. The van der Waals surface area contributed by atoms with Gasteiger partial charge in [-0.15, -0.1) is 0 Å². The highest BCUT2D eigenvalue weighted by molar-refractivity contribution is 4.99. The van der Waals surface area contributed by atoms with E-state index in [2.05, 4.69) is 16.5 Å². The molecule has 0 aliphatic heterocycles. The maximum Gasteiger partial charge on any atom is 0.0637 e. The third-order valence-electron chi connectivity index (χ3n) is 3.52. The molecule has 1 aromatic rings. The van der Waals surface area contributed by atoms with E-state index in [1.807, 2.05) is 17.9 Å². The Bertz CT molecular complexity index is 321. The van der Waals surface area contributed by atoms with Gasteiger partial charge in [0.1, 0.15) is 0 Å². The monoisotopic (exact) mass is 222 g/mol. The molecule has 4 heteroatoms. The number of aromatic nitrogens is 2. The lowest BCUT2D eigenvalue weighted by molar-refractivity contribution is 0.409. The normalized spacial score (nSPS) is 25.1. The first-order chi connectivity index (χ1) is 7.79. The Hall–Kier alpha value is -0.870. The van der Waals surface area contributed by atoms with Crippen molar-refractivity contribution in [3.8, 4) is 0 Å². The Morgan fingerprint density at radius 2 is 2.44 bits per heavy atom. The van der Waals surface area contributed by atoms with Crippen molar-refractivity contribution >= 4 is 0 Å². The first kappa shape index (κ1) is 11.6. The summed E-state index contributed by atoms with van der Waals surface area (Å²) in [5.74, 6) is 0.684. The zero-order chi connectivity index (χ0) is 11.4. The summed E-state index contributed by atoms with van der Waals surface area (Å²) in [5.41, 5.74) is 6.92. The first-order valence-electron chi connectivity index (χ1n) is 6.21. The van der Waals surface area contributed by atoms with Crippen LogP contribution in [0, 0.1) is 5.92 Å². The largest absolute Gasteiger partial charge is 0.330 e. The third-order valence-corrected chi connectivity index (χ3v) is 3.52. The van der Waals surface area contributed by atoms with Crippen LogP contribution in [0.25, 0.3) is 0 Å². The molecule has 1 fully saturated rings. The summed E-state index contributed by atoms with van der Waals surface area (Å²) in [7, 11) is 1.96. The van der Waals surface area contributed by atoms with Crippen molar-refractivity contribution in [1.82, 2.24) is 15.1 Å². The molecule has 16 heavy (non-hydrogen) atoms. The van der Waals surface area contributed by atoms with Crippen LogP contribution in [0.5, 0.6) is 0 Å². The third kappa shape index (κ3) is 2.83. The fourth-order valence-corrected chi connectivity index (χ4v) is 2.57. The standard InChI is InChI=1S/C12H22N4/c1-16-8-6-11(15-16)5-7-14-12-4-2-3-10(12)9-13/h6,8,10,12,14H,2-5,7,9,13H2,1H3. The second-order valence-corrected chi connectivity index (χ2v) is 4.72. The number of aryl methyl sites for hydroxylation is 1. The van der Waals surface area contributed by atoms with Crippen molar-refractivity contribution in [3.05, 3.63) is 18.0 Å². The maximum absolute atomic E-state index is 5.75. The lowest BCUT2D eigenvalue weighted by Crippen LogP contribution is -2.37. The van der Waals surface area contributed by atoms with E-state index in [4.69, 9.17) is 5.73 Å². The van der Waals surface area contributed by atoms with E-state index in [0.29, 0.717) is 12.0 Å². The molecule has 0 saturated heterocycles. The zero-order valence-corrected chi connectivity index (χ0v) is 10.0. The molecule has 1 aromatic heterocycles. The smallest absolute Gasteiger partial charge is 0.0637 e. The molecule has 90 valence electrons. The molecule has 0 spiro atoms. The van der Waals surface area contributed by atoms with Crippen LogP contribution in [0.15, 0.2) is 12.3 Å². The average Bonchev–Trinajstić information content (AvgIpc) is 2.87. The Morgan fingerprint density at radius 3 is 3.12 bits per heavy atom. The SMILES string of the molecule is Cn1ccc(CCNC2CCCC2CN)n1. The van der Waals surface area contributed by atoms with Crippen LogP contribution in [0.1, 0.15) is 25.0 Å². The van der Waals surface area contributed by atoms with E-state index < -0.39 is 0 Å². The Morgan fingerprint density at radius 1 is 1.56 bits per heavy atom. The van der Waals surface area contributed by atoms with Crippen LogP contribution in [-0.4, -0.2) is 28.9 Å². The second kappa shape index (κ2) is 5.46. The van der Waals surface area contributed by atoms with Gasteiger partial charge in [0.25, 0.3) is 0 Å². The minimum Gasteiger partial charge on any atom is -0.330 e. The van der Waals surface area contributed by atoms with Crippen molar-refractivity contribution < 1.29 is 0 Å². The highest BCUT2D eigenvalue weighted by atomic mass is 15.2. The van der Waals surface area contributed by atoms with Gasteiger partial charge in [0.15, 0.2) is 0 Å². The summed E-state index contributed by atoms with van der Waals surface area (Å²) in [6, 6.07) is 2.71. The molecule has 4 nitrogen and oxygen atoms in total. The molecule has 2 atom stereocenters. The van der Waals surface area contributed by atoms with Crippen LogP contribution in [-0.2, 0) is 13.5 Å². The molecule has 0 bridgehead atoms. The molecule has 1 saturated carbocycles. The molecular formula is C12H22N4. The predicted molar refractivity (Wildman–Crippen MR) is 65.1 cm³/mol. The highest BCUT2D eigenvalue weighted by Gasteiger charge is 2.24. The first-order valence-corrected chi connectivity index (χ1v) is 6.21. The predicted octanol–water partition coefficient (Wildman–Crippen LogP) is 0.680. The van der Waals surface area contributed by atoms with Gasteiger partial charge in [-0.3, -0.25) is 4.68 Å².